The standard InChI is InChI=1S/C42H62BrN3O12/c1-12-31-42(8,53)37(58-40(52)45-20-19-44-32(47)18-15-28-13-16-29(43)17-14-28)25(4)33(48)23(2)22-41(7,54-11)36(26(5)34(49)27(6)38(51)56-31)57-39-35(50)30(46(9)10)21-24(3)55-39/h13-14,16-17,23-27,30-31,35-37,39,50,53H,12,19-22H2,1-11H3,(H,44,47)(H,45,52)/t23-,24-,25+,26+,27-,30+,31-,35-,36-,37-,39+,41-,42-/m1/s1. The molecule has 2 aliphatic rings. The Hall–Kier alpha value is -3.43. The first-order chi connectivity index (χ1) is 27.1. The molecule has 13 atom stereocenters. The molecule has 0 aliphatic carbocycles. The summed E-state index contributed by atoms with van der Waals surface area (Å²) in [7, 11) is 5.09. The number of Topliss-reactive ketones (excluding diaryl/α,β-unsaturated/α-hetero) is 2. The molecule has 2 aliphatic heterocycles. The molecule has 0 bridgehead atoms. The number of carbonyl (C=O) groups excluding carboxylic acids is 5. The average Bonchev–Trinajstić information content (AvgIpc) is 3.18. The van der Waals surface area contributed by atoms with E-state index in [1.54, 1.807) is 52.0 Å². The minimum atomic E-state index is -2.11. The fourth-order valence-corrected chi connectivity index (χ4v) is 8.11. The fourth-order valence-electron chi connectivity index (χ4n) is 7.84. The fraction of sp³-hybridized carbons (Fsp3) is 0.690. The van der Waals surface area contributed by atoms with E-state index in [-0.39, 0.29) is 38.1 Å². The Kier molecular flexibility index (Phi) is 17.9. The van der Waals surface area contributed by atoms with Gasteiger partial charge in [-0.25, -0.2) is 4.79 Å². The summed E-state index contributed by atoms with van der Waals surface area (Å²) in [4.78, 5) is 69.6. The molecule has 15 nitrogen and oxygen atoms in total. The number of likely N-dealkylation sites (N-methyl/N-ethyl adjacent to an activating group) is 1. The van der Waals surface area contributed by atoms with Gasteiger partial charge in [-0.05, 0) is 85.3 Å². The van der Waals surface area contributed by atoms with Gasteiger partial charge in [0, 0.05) is 54.0 Å². The molecule has 2 fully saturated rings. The number of methoxy groups -OCH3 is 1. The Bertz CT molecular complexity index is 1660. The van der Waals surface area contributed by atoms with Crippen LogP contribution in [0.2, 0.25) is 0 Å². The molecular formula is C42H62BrN3O12. The van der Waals surface area contributed by atoms with E-state index >= 15 is 0 Å². The van der Waals surface area contributed by atoms with Crippen molar-refractivity contribution in [1.29, 1.82) is 0 Å². The normalized spacial score (nSPS) is 35.2. The van der Waals surface area contributed by atoms with Gasteiger partial charge in [-0.1, -0.05) is 49.5 Å². The van der Waals surface area contributed by atoms with E-state index in [1.165, 1.54) is 27.9 Å². The summed E-state index contributed by atoms with van der Waals surface area (Å²) in [5, 5.41) is 28.5. The number of alkyl carbamates (subject to hydrolysis) is 1. The second kappa shape index (κ2) is 21.2. The second-order valence-corrected chi connectivity index (χ2v) is 17.1. The van der Waals surface area contributed by atoms with Crippen molar-refractivity contribution in [3.63, 3.8) is 0 Å². The van der Waals surface area contributed by atoms with Crippen molar-refractivity contribution >= 4 is 45.5 Å². The molecule has 4 N–H and O–H groups in total. The third-order valence-electron chi connectivity index (χ3n) is 11.3. The number of esters is 1. The summed E-state index contributed by atoms with van der Waals surface area (Å²) < 4.78 is 31.1. The molecule has 2 heterocycles. The Balaban J connectivity index is 1.91. The van der Waals surface area contributed by atoms with Gasteiger partial charge in [-0.3, -0.25) is 19.2 Å². The highest BCUT2D eigenvalue weighted by molar-refractivity contribution is 9.10. The highest BCUT2D eigenvalue weighted by Crippen LogP contribution is 2.39. The summed E-state index contributed by atoms with van der Waals surface area (Å²) in [6.45, 7) is 12.6. The van der Waals surface area contributed by atoms with Crippen molar-refractivity contribution in [3.8, 4) is 11.8 Å². The van der Waals surface area contributed by atoms with E-state index in [1.807, 2.05) is 25.9 Å². The maximum atomic E-state index is 14.4. The van der Waals surface area contributed by atoms with Crippen LogP contribution in [-0.2, 0) is 42.9 Å². The largest absolute Gasteiger partial charge is 0.459 e. The van der Waals surface area contributed by atoms with Gasteiger partial charge in [0.2, 0.25) is 0 Å². The van der Waals surface area contributed by atoms with Gasteiger partial charge in [-0.2, -0.15) is 0 Å². The number of nitrogens with zero attached hydrogens (tertiary/aromatic N) is 1. The summed E-state index contributed by atoms with van der Waals surface area (Å²) in [5.41, 5.74) is -2.85. The molecule has 324 valence electrons. The van der Waals surface area contributed by atoms with Crippen molar-refractivity contribution < 1.29 is 57.9 Å². The number of rotatable bonds is 9. The molecule has 0 radical (unpaired) electrons. The van der Waals surface area contributed by atoms with Crippen molar-refractivity contribution in [1.82, 2.24) is 15.5 Å². The first-order valence-corrected chi connectivity index (χ1v) is 20.6. The lowest BCUT2D eigenvalue weighted by atomic mass is 9.74. The quantitative estimate of drug-likeness (QED) is 0.122. The Morgan fingerprint density at radius 2 is 1.59 bits per heavy atom. The average molecular weight is 881 g/mol. The lowest BCUT2D eigenvalue weighted by Gasteiger charge is -2.47. The summed E-state index contributed by atoms with van der Waals surface area (Å²) >= 11 is 3.34. The smallest absolute Gasteiger partial charge is 0.407 e. The van der Waals surface area contributed by atoms with Crippen LogP contribution in [-0.4, -0.2) is 133 Å². The van der Waals surface area contributed by atoms with Crippen LogP contribution in [0.4, 0.5) is 4.79 Å². The Labute approximate surface area is 350 Å². The van der Waals surface area contributed by atoms with Gasteiger partial charge in [-0.15, -0.1) is 0 Å². The molecule has 0 unspecified atom stereocenters. The summed E-state index contributed by atoms with van der Waals surface area (Å²) in [6, 6.07) is 6.78. The zero-order valence-corrected chi connectivity index (χ0v) is 37.1. The van der Waals surface area contributed by atoms with Crippen LogP contribution in [0.1, 0.15) is 80.2 Å². The van der Waals surface area contributed by atoms with E-state index in [9.17, 15) is 34.2 Å². The Morgan fingerprint density at radius 3 is 2.17 bits per heavy atom. The van der Waals surface area contributed by atoms with E-state index in [0.717, 1.165) is 4.47 Å². The van der Waals surface area contributed by atoms with E-state index in [4.69, 9.17) is 23.7 Å². The molecule has 1 aromatic carbocycles. The predicted molar refractivity (Wildman–Crippen MR) is 217 cm³/mol. The molecule has 2 amide bonds. The number of cyclic esters (lactones) is 1. The van der Waals surface area contributed by atoms with E-state index in [2.05, 4.69) is 38.4 Å². The van der Waals surface area contributed by atoms with Crippen molar-refractivity contribution in [2.75, 3.05) is 34.3 Å². The Morgan fingerprint density at radius 1 is 0.983 bits per heavy atom. The third-order valence-corrected chi connectivity index (χ3v) is 11.9. The number of hydrogen-bond acceptors (Lipinski definition) is 13. The minimum Gasteiger partial charge on any atom is -0.459 e. The molecule has 2 saturated heterocycles. The predicted octanol–water partition coefficient (Wildman–Crippen LogP) is 3.39. The number of carbonyl (C=O) groups is 5. The first kappa shape index (κ1) is 48.9. The van der Waals surface area contributed by atoms with Crippen molar-refractivity contribution in [2.45, 2.75) is 129 Å². The molecular weight excluding hydrogens is 818 g/mol. The first-order valence-electron chi connectivity index (χ1n) is 19.8. The molecule has 3 rings (SSSR count). The number of ether oxygens (including phenoxy) is 5. The van der Waals surface area contributed by atoms with Gasteiger partial charge < -0.3 is 49.4 Å². The second-order valence-electron chi connectivity index (χ2n) is 16.2. The van der Waals surface area contributed by atoms with Crippen LogP contribution in [0.15, 0.2) is 28.7 Å². The highest BCUT2D eigenvalue weighted by Gasteiger charge is 2.53. The van der Waals surface area contributed by atoms with Crippen LogP contribution in [0, 0.1) is 35.5 Å². The van der Waals surface area contributed by atoms with E-state index in [0.29, 0.717) is 12.0 Å². The van der Waals surface area contributed by atoms with Crippen LogP contribution in [0.25, 0.3) is 0 Å². The number of hydrogen-bond donors (Lipinski definition) is 4. The van der Waals surface area contributed by atoms with Crippen molar-refractivity contribution in [2.24, 2.45) is 23.7 Å². The molecule has 0 spiro atoms. The maximum absolute atomic E-state index is 14.4. The highest BCUT2D eigenvalue weighted by atomic mass is 79.9. The molecule has 58 heavy (non-hydrogen) atoms. The van der Waals surface area contributed by atoms with Gasteiger partial charge in [0.1, 0.15) is 35.6 Å². The molecule has 16 heteroatoms. The summed E-state index contributed by atoms with van der Waals surface area (Å²) in [6.07, 6.45) is -7.01. The molecule has 1 aromatic rings. The number of aliphatic hydroxyl groups excluding tert-OH is 1. The number of halogens is 1. The number of nitrogens with one attached hydrogen (secondary N) is 2. The minimum absolute atomic E-state index is 0.00800. The zero-order chi connectivity index (χ0) is 43.7. The molecule has 0 saturated carbocycles. The van der Waals surface area contributed by atoms with Crippen molar-refractivity contribution in [3.05, 3.63) is 34.3 Å². The maximum Gasteiger partial charge on any atom is 0.407 e. The number of aliphatic hydroxyl groups is 2. The van der Waals surface area contributed by atoms with Gasteiger partial charge >= 0.3 is 12.1 Å². The van der Waals surface area contributed by atoms with Gasteiger partial charge in [0.25, 0.3) is 5.91 Å². The van der Waals surface area contributed by atoms with Crippen LogP contribution < -0.4 is 10.6 Å². The van der Waals surface area contributed by atoms with E-state index < -0.39 is 95.1 Å². The monoisotopic (exact) mass is 879 g/mol. The number of amides is 2. The van der Waals surface area contributed by atoms with Gasteiger partial charge in [0.15, 0.2) is 12.1 Å². The van der Waals surface area contributed by atoms with Crippen LogP contribution >= 0.6 is 15.9 Å². The summed E-state index contributed by atoms with van der Waals surface area (Å²) in [5.74, 6) is -1.59. The lowest BCUT2D eigenvalue weighted by molar-refractivity contribution is -0.295. The number of ketones is 2. The van der Waals surface area contributed by atoms with Crippen LogP contribution in [0.5, 0.6) is 0 Å². The third kappa shape index (κ3) is 12.3. The molecule has 0 aromatic heterocycles. The lowest BCUT2D eigenvalue weighted by Crippen LogP contribution is -2.60. The van der Waals surface area contributed by atoms with Gasteiger partial charge in [0.05, 0.1) is 23.7 Å². The van der Waals surface area contributed by atoms with Crippen LogP contribution in [0.3, 0.4) is 0 Å². The SMILES string of the molecule is CC[C@H]1OC(=O)[C@H](C)C(=O)[C@H](C)[C@@H](O[C@@H]2O[C@H](C)C[C@H](N(C)C)[C@H]2O)[C@](C)(OC)C[C@@H](C)C(=O)[C@H](C)[C@@H](OC(=O)NCCNC(=O)C#Cc2ccc(Br)cc2)[C@]1(C)O. The zero-order valence-electron chi connectivity index (χ0n) is 35.5. The number of benzene rings is 1. The topological polar surface area (TPSA) is 199 Å².